The van der Waals surface area contributed by atoms with E-state index < -0.39 is 0 Å². The molecule has 1 aliphatic rings. The average molecular weight is 199 g/mol. The van der Waals surface area contributed by atoms with E-state index in [0.29, 0.717) is 11.3 Å². The third kappa shape index (κ3) is 1.03. The summed E-state index contributed by atoms with van der Waals surface area (Å²) in [6.07, 6.45) is 0. The van der Waals surface area contributed by atoms with Gasteiger partial charge in [0.25, 0.3) is 5.91 Å². The van der Waals surface area contributed by atoms with Crippen LogP contribution in [0.5, 0.6) is 5.75 Å². The molecule has 1 N–H and O–H groups in total. The number of hydrogen-bond acceptors (Lipinski definition) is 2. The van der Waals surface area contributed by atoms with Gasteiger partial charge in [0, 0.05) is 5.39 Å². The van der Waals surface area contributed by atoms with Crippen molar-refractivity contribution in [3.05, 3.63) is 41.5 Å². The smallest absolute Gasteiger partial charge is 0.284 e. The van der Waals surface area contributed by atoms with Crippen LogP contribution in [0.1, 0.15) is 15.9 Å². The fraction of sp³-hybridized carbons (Fsp3) is 0.0833. The molecule has 0 aliphatic carbocycles. The van der Waals surface area contributed by atoms with Crippen molar-refractivity contribution in [1.82, 2.24) is 5.48 Å². The minimum absolute atomic E-state index is 0.182. The Morgan fingerprint density at radius 2 is 2.07 bits per heavy atom. The summed E-state index contributed by atoms with van der Waals surface area (Å²) in [6, 6.07) is 9.56. The molecule has 0 spiro atoms. The second kappa shape index (κ2) is 2.73. The molecule has 0 unspecified atom stereocenters. The minimum atomic E-state index is -0.182. The summed E-state index contributed by atoms with van der Waals surface area (Å²) in [7, 11) is 0. The van der Waals surface area contributed by atoms with Gasteiger partial charge in [-0.15, -0.1) is 0 Å². The molecule has 0 fully saturated rings. The van der Waals surface area contributed by atoms with Crippen LogP contribution in [-0.2, 0) is 0 Å². The molecule has 0 radical (unpaired) electrons. The summed E-state index contributed by atoms with van der Waals surface area (Å²) in [5.41, 5.74) is 4.20. The van der Waals surface area contributed by atoms with E-state index in [1.54, 1.807) is 0 Å². The topological polar surface area (TPSA) is 38.3 Å². The zero-order valence-corrected chi connectivity index (χ0v) is 8.20. The number of amides is 1. The first-order valence-electron chi connectivity index (χ1n) is 4.77. The van der Waals surface area contributed by atoms with Crippen LogP contribution in [-0.4, -0.2) is 5.91 Å². The number of hydrogen-bond donors (Lipinski definition) is 1. The van der Waals surface area contributed by atoms with Crippen LogP contribution < -0.4 is 10.3 Å². The maximum Gasteiger partial charge on any atom is 0.284 e. The highest BCUT2D eigenvalue weighted by molar-refractivity contribution is 6.11. The van der Waals surface area contributed by atoms with Crippen molar-refractivity contribution < 1.29 is 9.63 Å². The summed E-state index contributed by atoms with van der Waals surface area (Å²) in [5.74, 6) is 0.532. The molecule has 1 heterocycles. The van der Waals surface area contributed by atoms with E-state index in [-0.39, 0.29) is 5.91 Å². The number of benzene rings is 2. The molecule has 3 nitrogen and oxygen atoms in total. The van der Waals surface area contributed by atoms with Gasteiger partial charge in [0.15, 0.2) is 5.75 Å². The van der Waals surface area contributed by atoms with Gasteiger partial charge in [-0.3, -0.25) is 4.79 Å². The number of hydroxylamine groups is 1. The van der Waals surface area contributed by atoms with Gasteiger partial charge in [0.1, 0.15) is 0 Å². The van der Waals surface area contributed by atoms with Crippen LogP contribution in [0, 0.1) is 6.92 Å². The van der Waals surface area contributed by atoms with Crippen molar-refractivity contribution in [2.75, 3.05) is 0 Å². The lowest BCUT2D eigenvalue weighted by molar-refractivity contribution is 0.0749. The van der Waals surface area contributed by atoms with Crippen LogP contribution >= 0.6 is 0 Å². The lowest BCUT2D eigenvalue weighted by Crippen LogP contribution is -2.30. The Kier molecular flexibility index (Phi) is 1.51. The summed E-state index contributed by atoms with van der Waals surface area (Å²) in [5, 5.41) is 1.97. The van der Waals surface area contributed by atoms with Gasteiger partial charge in [-0.2, -0.15) is 5.48 Å². The van der Waals surface area contributed by atoms with Crippen molar-refractivity contribution in [1.29, 1.82) is 0 Å². The number of rotatable bonds is 0. The van der Waals surface area contributed by atoms with Crippen LogP contribution in [0.15, 0.2) is 30.3 Å². The van der Waals surface area contributed by atoms with Gasteiger partial charge >= 0.3 is 0 Å². The fourth-order valence-electron chi connectivity index (χ4n) is 1.95. The zero-order chi connectivity index (χ0) is 10.4. The molecule has 0 bridgehead atoms. The summed E-state index contributed by atoms with van der Waals surface area (Å²) < 4.78 is 0. The first kappa shape index (κ1) is 8.29. The predicted molar refractivity (Wildman–Crippen MR) is 56.8 cm³/mol. The van der Waals surface area contributed by atoms with Crippen molar-refractivity contribution in [3.8, 4) is 5.75 Å². The monoisotopic (exact) mass is 199 g/mol. The molecule has 2 aromatic carbocycles. The van der Waals surface area contributed by atoms with E-state index in [4.69, 9.17) is 4.84 Å². The largest absolute Gasteiger partial charge is 0.379 e. The molecule has 0 saturated heterocycles. The number of nitrogens with one attached hydrogen (secondary N) is 1. The van der Waals surface area contributed by atoms with E-state index in [9.17, 15) is 4.79 Å². The van der Waals surface area contributed by atoms with Crippen molar-refractivity contribution in [2.24, 2.45) is 0 Å². The van der Waals surface area contributed by atoms with Crippen LogP contribution in [0.3, 0.4) is 0 Å². The lowest BCUT2D eigenvalue weighted by atomic mass is 9.99. The van der Waals surface area contributed by atoms with Gasteiger partial charge in [0.05, 0.1) is 5.56 Å². The Labute approximate surface area is 86.6 Å². The Morgan fingerprint density at radius 3 is 2.93 bits per heavy atom. The molecule has 0 atom stereocenters. The third-order valence-corrected chi connectivity index (χ3v) is 2.72. The van der Waals surface area contributed by atoms with Gasteiger partial charge in [-0.05, 0) is 30.0 Å². The molecule has 0 aromatic heterocycles. The molecule has 3 rings (SSSR count). The maximum absolute atomic E-state index is 11.5. The van der Waals surface area contributed by atoms with Crippen LogP contribution in [0.2, 0.25) is 0 Å². The minimum Gasteiger partial charge on any atom is -0.379 e. The standard InChI is InChI=1S/C12H9NO2/c1-7-5-6-10-11-8(7)3-2-4-9(11)12(14)13-15-10/h2-6H,1H3,(H,13,14). The van der Waals surface area contributed by atoms with Gasteiger partial charge in [0.2, 0.25) is 0 Å². The molecule has 0 saturated carbocycles. The van der Waals surface area contributed by atoms with Crippen LogP contribution in [0.4, 0.5) is 0 Å². The highest BCUT2D eigenvalue weighted by Gasteiger charge is 2.20. The average Bonchev–Trinajstić information content (AvgIpc) is 2.27. The molecule has 1 aliphatic heterocycles. The first-order chi connectivity index (χ1) is 7.27. The predicted octanol–water partition coefficient (Wildman–Crippen LogP) is 2.19. The van der Waals surface area contributed by atoms with Crippen LogP contribution in [0.25, 0.3) is 10.8 Å². The van der Waals surface area contributed by atoms with Gasteiger partial charge < -0.3 is 4.84 Å². The molecule has 2 aromatic rings. The maximum atomic E-state index is 11.5. The lowest BCUT2D eigenvalue weighted by Gasteiger charge is -2.18. The molecular formula is C12H9NO2. The number of carbonyl (C=O) groups is 1. The van der Waals surface area contributed by atoms with Gasteiger partial charge in [-0.1, -0.05) is 18.2 Å². The fourth-order valence-corrected chi connectivity index (χ4v) is 1.95. The second-order valence-electron chi connectivity index (χ2n) is 3.64. The van der Waals surface area contributed by atoms with E-state index in [1.165, 1.54) is 0 Å². The van der Waals surface area contributed by atoms with E-state index in [0.717, 1.165) is 16.3 Å². The molecular weight excluding hydrogens is 190 g/mol. The van der Waals surface area contributed by atoms with Crippen molar-refractivity contribution in [3.63, 3.8) is 0 Å². The Hall–Kier alpha value is -2.03. The highest BCUT2D eigenvalue weighted by Crippen LogP contribution is 2.33. The summed E-state index contributed by atoms with van der Waals surface area (Å²) >= 11 is 0. The quantitative estimate of drug-likeness (QED) is 0.706. The summed E-state index contributed by atoms with van der Waals surface area (Å²) in [6.45, 7) is 2.02. The van der Waals surface area contributed by atoms with Crippen molar-refractivity contribution >= 4 is 16.7 Å². The van der Waals surface area contributed by atoms with E-state index in [2.05, 4.69) is 5.48 Å². The van der Waals surface area contributed by atoms with E-state index in [1.807, 2.05) is 37.3 Å². The Balaban J connectivity index is 2.53. The Morgan fingerprint density at radius 1 is 1.20 bits per heavy atom. The van der Waals surface area contributed by atoms with E-state index >= 15 is 0 Å². The third-order valence-electron chi connectivity index (χ3n) is 2.72. The first-order valence-corrected chi connectivity index (χ1v) is 4.77. The Bertz CT molecular complexity index is 575. The molecule has 1 amide bonds. The molecule has 15 heavy (non-hydrogen) atoms. The second-order valence-corrected chi connectivity index (χ2v) is 3.64. The highest BCUT2D eigenvalue weighted by atomic mass is 16.7. The normalized spacial score (nSPS) is 13.5. The number of aryl methyl sites for hydroxylation is 1. The SMILES string of the molecule is Cc1ccc2c3c(cccc13)C(=O)NO2. The summed E-state index contributed by atoms with van der Waals surface area (Å²) in [4.78, 5) is 16.7. The number of carbonyl (C=O) groups excluding carboxylic acids is 1. The van der Waals surface area contributed by atoms with Crippen molar-refractivity contribution in [2.45, 2.75) is 6.92 Å². The molecule has 3 heteroatoms. The zero-order valence-electron chi connectivity index (χ0n) is 8.20. The molecule has 74 valence electrons. The van der Waals surface area contributed by atoms with Gasteiger partial charge in [-0.25, -0.2) is 0 Å².